The lowest BCUT2D eigenvalue weighted by molar-refractivity contribution is 0.102. The summed E-state index contributed by atoms with van der Waals surface area (Å²) in [6.07, 6.45) is 1.52. The van der Waals surface area contributed by atoms with Crippen molar-refractivity contribution in [2.75, 3.05) is 12.4 Å². The molecule has 5 nitrogen and oxygen atoms in total. The molecule has 0 saturated carbocycles. The Kier molecular flexibility index (Phi) is 4.43. The van der Waals surface area contributed by atoms with Crippen molar-refractivity contribution in [1.29, 1.82) is 0 Å². The van der Waals surface area contributed by atoms with Crippen LogP contribution in [0.2, 0.25) is 0 Å². The van der Waals surface area contributed by atoms with Crippen molar-refractivity contribution < 1.29 is 9.53 Å². The number of aromatic amines is 1. The predicted molar refractivity (Wildman–Crippen MR) is 92.7 cm³/mol. The second kappa shape index (κ2) is 6.66. The quantitative estimate of drug-likeness (QED) is 0.725. The van der Waals surface area contributed by atoms with Crippen LogP contribution in [0.5, 0.6) is 5.75 Å². The van der Waals surface area contributed by atoms with E-state index in [4.69, 9.17) is 4.74 Å². The highest BCUT2D eigenvalue weighted by molar-refractivity contribution is 9.10. The van der Waals surface area contributed by atoms with E-state index in [9.17, 15) is 4.79 Å². The summed E-state index contributed by atoms with van der Waals surface area (Å²) in [6.45, 7) is 0. The molecular weight excluding hydrogens is 358 g/mol. The van der Waals surface area contributed by atoms with E-state index in [0.29, 0.717) is 16.9 Å². The molecule has 2 aromatic carbocycles. The topological polar surface area (TPSA) is 67.0 Å². The van der Waals surface area contributed by atoms with Gasteiger partial charge in [0.1, 0.15) is 5.75 Å². The second-order valence-corrected chi connectivity index (χ2v) is 5.77. The number of nitrogens with one attached hydrogen (secondary N) is 2. The molecule has 3 aromatic rings. The third-order valence-corrected chi connectivity index (χ3v) is 3.84. The summed E-state index contributed by atoms with van der Waals surface area (Å²) in [5.41, 5.74) is 2.73. The first kappa shape index (κ1) is 15.3. The summed E-state index contributed by atoms with van der Waals surface area (Å²) >= 11 is 3.38. The minimum atomic E-state index is -0.220. The number of hydrogen-bond donors (Lipinski definition) is 2. The van der Waals surface area contributed by atoms with Gasteiger partial charge in [0.15, 0.2) is 0 Å². The molecule has 0 spiro atoms. The maximum atomic E-state index is 12.5. The smallest absolute Gasteiger partial charge is 0.259 e. The zero-order valence-electron chi connectivity index (χ0n) is 12.3. The fraction of sp³-hybridized carbons (Fsp3) is 0.0588. The molecule has 1 amide bonds. The SMILES string of the molecule is COc1ccc(-c2[nH]ncc2C(=O)Nc2cccc(Br)c2)cc1. The fourth-order valence-electron chi connectivity index (χ4n) is 2.20. The Balaban J connectivity index is 1.86. The summed E-state index contributed by atoms with van der Waals surface area (Å²) in [5, 5.41) is 9.74. The second-order valence-electron chi connectivity index (χ2n) is 4.85. The maximum absolute atomic E-state index is 12.5. The maximum Gasteiger partial charge on any atom is 0.259 e. The first-order chi connectivity index (χ1) is 11.2. The number of H-pyrrole nitrogens is 1. The van der Waals surface area contributed by atoms with E-state index in [1.165, 1.54) is 6.20 Å². The van der Waals surface area contributed by atoms with Gasteiger partial charge in [-0.25, -0.2) is 0 Å². The molecule has 0 atom stereocenters. The van der Waals surface area contributed by atoms with E-state index in [1.807, 2.05) is 48.5 Å². The summed E-state index contributed by atoms with van der Waals surface area (Å²) < 4.78 is 6.05. The molecular formula is C17H14BrN3O2. The molecule has 0 fully saturated rings. The van der Waals surface area contributed by atoms with Crippen LogP contribution in [0.3, 0.4) is 0 Å². The Hall–Kier alpha value is -2.60. The normalized spacial score (nSPS) is 10.3. The number of benzene rings is 2. The number of hydrogen-bond acceptors (Lipinski definition) is 3. The molecule has 0 unspecified atom stereocenters. The van der Waals surface area contributed by atoms with Crippen LogP contribution in [-0.4, -0.2) is 23.2 Å². The van der Waals surface area contributed by atoms with Crippen molar-refractivity contribution >= 4 is 27.5 Å². The molecule has 0 bridgehead atoms. The largest absolute Gasteiger partial charge is 0.497 e. The Morgan fingerprint density at radius 2 is 2.00 bits per heavy atom. The van der Waals surface area contributed by atoms with Crippen LogP contribution in [0.15, 0.2) is 59.2 Å². The van der Waals surface area contributed by atoms with Gasteiger partial charge in [0.2, 0.25) is 0 Å². The number of nitrogens with zero attached hydrogens (tertiary/aromatic N) is 1. The van der Waals surface area contributed by atoms with Crippen LogP contribution < -0.4 is 10.1 Å². The van der Waals surface area contributed by atoms with Crippen LogP contribution in [0.25, 0.3) is 11.3 Å². The van der Waals surface area contributed by atoms with E-state index < -0.39 is 0 Å². The molecule has 0 saturated heterocycles. The number of carbonyl (C=O) groups excluding carboxylic acids is 1. The van der Waals surface area contributed by atoms with Gasteiger partial charge < -0.3 is 10.1 Å². The molecule has 0 aliphatic carbocycles. The minimum absolute atomic E-state index is 0.220. The third kappa shape index (κ3) is 3.43. The van der Waals surface area contributed by atoms with Gasteiger partial charge in [0.25, 0.3) is 5.91 Å². The average molecular weight is 372 g/mol. The average Bonchev–Trinajstić information content (AvgIpc) is 3.05. The van der Waals surface area contributed by atoms with Crippen molar-refractivity contribution in [2.24, 2.45) is 0 Å². The first-order valence-corrected chi connectivity index (χ1v) is 7.71. The van der Waals surface area contributed by atoms with Gasteiger partial charge in [0, 0.05) is 15.7 Å². The molecule has 1 aromatic heterocycles. The monoisotopic (exact) mass is 371 g/mol. The molecule has 116 valence electrons. The first-order valence-electron chi connectivity index (χ1n) is 6.92. The van der Waals surface area contributed by atoms with E-state index in [-0.39, 0.29) is 5.91 Å². The number of ether oxygens (including phenoxy) is 1. The zero-order chi connectivity index (χ0) is 16.2. The van der Waals surface area contributed by atoms with Gasteiger partial charge in [-0.2, -0.15) is 5.10 Å². The number of rotatable bonds is 4. The summed E-state index contributed by atoms with van der Waals surface area (Å²) in [7, 11) is 1.61. The van der Waals surface area contributed by atoms with E-state index in [1.54, 1.807) is 7.11 Å². The predicted octanol–water partition coefficient (Wildman–Crippen LogP) is 4.10. The van der Waals surface area contributed by atoms with Crippen LogP contribution in [0.4, 0.5) is 5.69 Å². The van der Waals surface area contributed by atoms with Crippen LogP contribution in [0, 0.1) is 0 Å². The lowest BCUT2D eigenvalue weighted by Crippen LogP contribution is -2.12. The van der Waals surface area contributed by atoms with Crippen molar-refractivity contribution in [1.82, 2.24) is 10.2 Å². The van der Waals surface area contributed by atoms with Crippen LogP contribution >= 0.6 is 15.9 Å². The van der Waals surface area contributed by atoms with Crippen molar-refractivity contribution in [3.63, 3.8) is 0 Å². The summed E-state index contributed by atoms with van der Waals surface area (Å²) in [4.78, 5) is 12.5. The fourth-order valence-corrected chi connectivity index (χ4v) is 2.60. The minimum Gasteiger partial charge on any atom is -0.497 e. The Bertz CT molecular complexity index is 828. The zero-order valence-corrected chi connectivity index (χ0v) is 13.9. The highest BCUT2D eigenvalue weighted by Crippen LogP contribution is 2.24. The van der Waals surface area contributed by atoms with Crippen molar-refractivity contribution in [3.05, 3.63) is 64.8 Å². The number of anilines is 1. The molecule has 0 aliphatic rings. The third-order valence-electron chi connectivity index (χ3n) is 3.35. The summed E-state index contributed by atoms with van der Waals surface area (Å²) in [5.74, 6) is 0.538. The van der Waals surface area contributed by atoms with E-state index in [0.717, 1.165) is 15.8 Å². The molecule has 23 heavy (non-hydrogen) atoms. The van der Waals surface area contributed by atoms with Crippen LogP contribution in [0.1, 0.15) is 10.4 Å². The lowest BCUT2D eigenvalue weighted by atomic mass is 10.1. The number of aromatic nitrogens is 2. The van der Waals surface area contributed by atoms with Gasteiger partial charge in [-0.3, -0.25) is 9.89 Å². The molecule has 2 N–H and O–H groups in total. The Labute approximate surface area is 141 Å². The molecule has 0 radical (unpaired) electrons. The number of amides is 1. The van der Waals surface area contributed by atoms with Gasteiger partial charge in [0.05, 0.1) is 24.6 Å². The van der Waals surface area contributed by atoms with Gasteiger partial charge >= 0.3 is 0 Å². The Morgan fingerprint density at radius 3 is 2.70 bits per heavy atom. The molecule has 0 aliphatic heterocycles. The van der Waals surface area contributed by atoms with E-state index >= 15 is 0 Å². The molecule has 6 heteroatoms. The van der Waals surface area contributed by atoms with Crippen molar-refractivity contribution in [2.45, 2.75) is 0 Å². The number of halogens is 1. The number of methoxy groups -OCH3 is 1. The lowest BCUT2D eigenvalue weighted by Gasteiger charge is -2.07. The highest BCUT2D eigenvalue weighted by Gasteiger charge is 2.15. The van der Waals surface area contributed by atoms with Gasteiger partial charge in [-0.15, -0.1) is 0 Å². The van der Waals surface area contributed by atoms with E-state index in [2.05, 4.69) is 31.4 Å². The number of carbonyl (C=O) groups is 1. The van der Waals surface area contributed by atoms with Crippen LogP contribution in [-0.2, 0) is 0 Å². The van der Waals surface area contributed by atoms with Crippen molar-refractivity contribution in [3.8, 4) is 17.0 Å². The summed E-state index contributed by atoms with van der Waals surface area (Å²) in [6, 6.07) is 14.9. The van der Waals surface area contributed by atoms with Gasteiger partial charge in [-0.05, 0) is 42.5 Å². The highest BCUT2D eigenvalue weighted by atomic mass is 79.9. The Morgan fingerprint density at radius 1 is 1.22 bits per heavy atom. The van der Waals surface area contributed by atoms with Gasteiger partial charge in [-0.1, -0.05) is 22.0 Å². The standard InChI is InChI=1S/C17H14BrN3O2/c1-23-14-7-5-11(6-8-14)16-15(10-19-21-16)17(22)20-13-4-2-3-12(18)9-13/h2-10H,1H3,(H,19,21)(H,20,22). The molecule has 1 heterocycles. The molecule has 3 rings (SSSR count).